The molecule has 1 fully saturated rings. The van der Waals surface area contributed by atoms with Gasteiger partial charge in [-0.05, 0) is 26.0 Å². The number of nitrogens with zero attached hydrogens (tertiary/aromatic N) is 2. The molecule has 104 valence electrons. The molecule has 0 N–H and O–H groups in total. The van der Waals surface area contributed by atoms with Gasteiger partial charge in [0.2, 0.25) is 0 Å². The summed E-state index contributed by atoms with van der Waals surface area (Å²) in [6.07, 6.45) is 1.68. The molecule has 2 heterocycles. The Morgan fingerprint density at radius 1 is 1.53 bits per heavy atom. The molecule has 2 atom stereocenters. The molecule has 1 aliphatic rings. The maximum Gasteiger partial charge on any atom is 0.182 e. The second kappa shape index (κ2) is 6.21. The summed E-state index contributed by atoms with van der Waals surface area (Å²) in [5.74, 6) is -0.474. The number of Topliss-reactive ketones (excluding diaryl/α,β-unsaturated/α-hetero) is 1. The van der Waals surface area contributed by atoms with Crippen LogP contribution in [0, 0.1) is 5.82 Å². The van der Waals surface area contributed by atoms with E-state index in [1.165, 1.54) is 12.1 Å². The molecule has 0 aliphatic carbocycles. The quantitative estimate of drug-likeness (QED) is 0.781. The van der Waals surface area contributed by atoms with Crippen molar-refractivity contribution in [3.8, 4) is 0 Å². The minimum Gasteiger partial charge on any atom is -0.376 e. The Kier molecular flexibility index (Phi) is 4.61. The number of ketones is 1. The van der Waals surface area contributed by atoms with Crippen molar-refractivity contribution >= 4 is 5.78 Å². The van der Waals surface area contributed by atoms with Gasteiger partial charge in [-0.1, -0.05) is 0 Å². The van der Waals surface area contributed by atoms with Crippen molar-refractivity contribution < 1.29 is 13.9 Å². The number of rotatable bonds is 4. The van der Waals surface area contributed by atoms with Crippen molar-refractivity contribution in [2.75, 3.05) is 19.7 Å². The summed E-state index contributed by atoms with van der Waals surface area (Å²) in [7, 11) is 0. The first kappa shape index (κ1) is 14.1. The lowest BCUT2D eigenvalue weighted by Gasteiger charge is -2.36. The largest absolute Gasteiger partial charge is 0.376 e. The van der Waals surface area contributed by atoms with Gasteiger partial charge in [0.25, 0.3) is 0 Å². The maximum atomic E-state index is 12.7. The highest BCUT2D eigenvalue weighted by Crippen LogP contribution is 2.12. The van der Waals surface area contributed by atoms with Crippen molar-refractivity contribution in [2.45, 2.75) is 32.4 Å². The fraction of sp³-hybridized carbons (Fsp3) is 0.571. The molecule has 0 spiro atoms. The van der Waals surface area contributed by atoms with Crippen LogP contribution < -0.4 is 0 Å². The van der Waals surface area contributed by atoms with E-state index in [9.17, 15) is 9.18 Å². The van der Waals surface area contributed by atoms with E-state index in [1.807, 2.05) is 6.92 Å². The average Bonchev–Trinajstić information content (AvgIpc) is 2.40. The van der Waals surface area contributed by atoms with Gasteiger partial charge < -0.3 is 4.74 Å². The van der Waals surface area contributed by atoms with Crippen LogP contribution in [-0.2, 0) is 4.74 Å². The van der Waals surface area contributed by atoms with Gasteiger partial charge in [-0.15, -0.1) is 0 Å². The fourth-order valence-corrected chi connectivity index (χ4v) is 2.20. The van der Waals surface area contributed by atoms with Gasteiger partial charge >= 0.3 is 0 Å². The summed E-state index contributed by atoms with van der Waals surface area (Å²) in [6, 6.07) is 3.02. The van der Waals surface area contributed by atoms with E-state index in [4.69, 9.17) is 4.74 Å². The molecule has 19 heavy (non-hydrogen) atoms. The number of aromatic nitrogens is 1. The number of halogens is 1. The second-order valence-corrected chi connectivity index (χ2v) is 5.02. The smallest absolute Gasteiger partial charge is 0.182 e. The van der Waals surface area contributed by atoms with Crippen LogP contribution in [0.25, 0.3) is 0 Å². The Bertz CT molecular complexity index is 436. The number of carbonyl (C=O) groups is 1. The SMILES string of the molecule is CC1CN(CCC(=O)c2ccc(F)cn2)C(C)CO1. The lowest BCUT2D eigenvalue weighted by atomic mass is 10.1. The molecule has 5 heteroatoms. The Balaban J connectivity index is 1.87. The standard InChI is InChI=1S/C14H19FN2O2/c1-10-9-19-11(2)8-17(10)6-5-14(18)13-4-3-12(15)7-16-13/h3-4,7,10-11H,5-6,8-9H2,1-2H3. The van der Waals surface area contributed by atoms with Crippen LogP contribution in [0.4, 0.5) is 4.39 Å². The molecule has 0 bridgehead atoms. The maximum absolute atomic E-state index is 12.7. The van der Waals surface area contributed by atoms with E-state index >= 15 is 0 Å². The molecule has 1 aromatic heterocycles. The van der Waals surface area contributed by atoms with Gasteiger partial charge in [0, 0.05) is 25.6 Å². The van der Waals surface area contributed by atoms with Crippen LogP contribution in [0.2, 0.25) is 0 Å². The van der Waals surface area contributed by atoms with Gasteiger partial charge in [0.1, 0.15) is 11.5 Å². The van der Waals surface area contributed by atoms with Crippen LogP contribution in [-0.4, -0.2) is 47.5 Å². The third-order valence-corrected chi connectivity index (χ3v) is 3.38. The van der Waals surface area contributed by atoms with E-state index in [0.717, 1.165) is 12.7 Å². The zero-order valence-corrected chi connectivity index (χ0v) is 11.3. The van der Waals surface area contributed by atoms with Crippen LogP contribution in [0.5, 0.6) is 0 Å². The minimum absolute atomic E-state index is 0.0497. The van der Waals surface area contributed by atoms with Crippen LogP contribution in [0.3, 0.4) is 0 Å². The van der Waals surface area contributed by atoms with E-state index in [0.29, 0.717) is 31.3 Å². The highest BCUT2D eigenvalue weighted by Gasteiger charge is 2.23. The van der Waals surface area contributed by atoms with Crippen LogP contribution >= 0.6 is 0 Å². The van der Waals surface area contributed by atoms with Gasteiger partial charge in [0.15, 0.2) is 5.78 Å². The van der Waals surface area contributed by atoms with Crippen molar-refractivity contribution in [1.29, 1.82) is 0 Å². The number of hydrogen-bond acceptors (Lipinski definition) is 4. The molecular formula is C14H19FN2O2. The Hall–Kier alpha value is -1.33. The van der Waals surface area contributed by atoms with Crippen molar-refractivity contribution in [3.05, 3.63) is 29.8 Å². The summed E-state index contributed by atoms with van der Waals surface area (Å²) in [4.78, 5) is 18.0. The van der Waals surface area contributed by atoms with Crippen LogP contribution in [0.15, 0.2) is 18.3 Å². The first-order valence-corrected chi connectivity index (χ1v) is 6.56. The molecule has 1 aliphatic heterocycles. The Labute approximate surface area is 112 Å². The number of hydrogen-bond donors (Lipinski definition) is 0. The van der Waals surface area contributed by atoms with Gasteiger partial charge in [0.05, 0.1) is 18.9 Å². The molecule has 0 saturated carbocycles. The molecular weight excluding hydrogens is 247 g/mol. The van der Waals surface area contributed by atoms with Crippen molar-refractivity contribution in [1.82, 2.24) is 9.88 Å². The zero-order valence-electron chi connectivity index (χ0n) is 11.3. The molecule has 1 saturated heterocycles. The molecule has 2 rings (SSSR count). The summed E-state index contributed by atoms with van der Waals surface area (Å²) < 4.78 is 18.3. The molecule has 4 nitrogen and oxygen atoms in total. The predicted octanol–water partition coefficient (Wildman–Crippen LogP) is 1.90. The normalized spacial score (nSPS) is 24.4. The Morgan fingerprint density at radius 3 is 3.00 bits per heavy atom. The number of morpholine rings is 1. The first-order valence-electron chi connectivity index (χ1n) is 6.56. The lowest BCUT2D eigenvalue weighted by Crippen LogP contribution is -2.47. The fourth-order valence-electron chi connectivity index (χ4n) is 2.20. The molecule has 0 aromatic carbocycles. The highest BCUT2D eigenvalue weighted by atomic mass is 19.1. The van der Waals surface area contributed by atoms with E-state index < -0.39 is 5.82 Å². The summed E-state index contributed by atoms with van der Waals surface area (Å²) in [5, 5.41) is 0. The summed E-state index contributed by atoms with van der Waals surface area (Å²) in [6.45, 7) is 6.34. The van der Waals surface area contributed by atoms with E-state index in [1.54, 1.807) is 0 Å². The number of ether oxygens (including phenoxy) is 1. The monoisotopic (exact) mass is 266 g/mol. The van der Waals surface area contributed by atoms with Gasteiger partial charge in [-0.3, -0.25) is 14.7 Å². The molecule has 2 unspecified atom stereocenters. The molecule has 0 amide bonds. The summed E-state index contributed by atoms with van der Waals surface area (Å²) >= 11 is 0. The zero-order chi connectivity index (χ0) is 13.8. The number of pyridine rings is 1. The number of carbonyl (C=O) groups excluding carboxylic acids is 1. The molecule has 0 radical (unpaired) electrons. The van der Waals surface area contributed by atoms with Crippen molar-refractivity contribution in [2.24, 2.45) is 0 Å². The third kappa shape index (κ3) is 3.81. The molecule has 1 aromatic rings. The topological polar surface area (TPSA) is 42.4 Å². The summed E-state index contributed by atoms with van der Waals surface area (Å²) in [5.41, 5.74) is 0.329. The van der Waals surface area contributed by atoms with E-state index in [-0.39, 0.29) is 11.9 Å². The first-order chi connectivity index (χ1) is 9.06. The van der Waals surface area contributed by atoms with Gasteiger partial charge in [-0.25, -0.2) is 4.39 Å². The van der Waals surface area contributed by atoms with E-state index in [2.05, 4.69) is 16.8 Å². The minimum atomic E-state index is -0.424. The second-order valence-electron chi connectivity index (χ2n) is 5.02. The van der Waals surface area contributed by atoms with Crippen LogP contribution in [0.1, 0.15) is 30.8 Å². The van der Waals surface area contributed by atoms with Crippen molar-refractivity contribution in [3.63, 3.8) is 0 Å². The lowest BCUT2D eigenvalue weighted by molar-refractivity contribution is -0.0488. The third-order valence-electron chi connectivity index (χ3n) is 3.38. The Morgan fingerprint density at radius 2 is 2.32 bits per heavy atom. The predicted molar refractivity (Wildman–Crippen MR) is 69.6 cm³/mol. The highest BCUT2D eigenvalue weighted by molar-refractivity contribution is 5.94. The average molecular weight is 266 g/mol. The van der Waals surface area contributed by atoms with Gasteiger partial charge in [-0.2, -0.15) is 0 Å².